The first kappa shape index (κ1) is 20.4. The minimum Gasteiger partial charge on any atom is -0.504 e. The molecule has 29 heavy (non-hydrogen) atoms. The average Bonchev–Trinajstić information content (AvgIpc) is 3.12. The van der Waals surface area contributed by atoms with Crippen molar-refractivity contribution in [3.63, 3.8) is 0 Å². The van der Waals surface area contributed by atoms with E-state index >= 15 is 0 Å². The summed E-state index contributed by atoms with van der Waals surface area (Å²) >= 11 is 0. The molecule has 2 heterocycles. The van der Waals surface area contributed by atoms with E-state index in [9.17, 15) is 18.3 Å². The summed E-state index contributed by atoms with van der Waals surface area (Å²) in [6.45, 7) is 1.55. The van der Waals surface area contributed by atoms with Crippen LogP contribution in [0.25, 0.3) is 5.57 Å². The van der Waals surface area contributed by atoms with Crippen molar-refractivity contribution >= 4 is 29.1 Å². The lowest BCUT2D eigenvalue weighted by Crippen LogP contribution is -2.30. The molecule has 152 valence electrons. The maximum Gasteiger partial charge on any atom is 0.490 e. The van der Waals surface area contributed by atoms with Gasteiger partial charge in [0.05, 0.1) is 11.0 Å². The van der Waals surface area contributed by atoms with Crippen LogP contribution in [0.4, 0.5) is 24.5 Å². The number of halogens is 3. The molecule has 0 saturated carbocycles. The molecule has 0 aromatic heterocycles. The summed E-state index contributed by atoms with van der Waals surface area (Å²) in [5.74, 6) is -2.53. The van der Waals surface area contributed by atoms with E-state index in [0.717, 1.165) is 36.5 Å². The zero-order valence-electron chi connectivity index (χ0n) is 15.2. The number of carboxylic acids is 1. The van der Waals surface area contributed by atoms with Crippen molar-refractivity contribution in [2.24, 2.45) is 9.98 Å². The Morgan fingerprint density at radius 2 is 1.90 bits per heavy atom. The summed E-state index contributed by atoms with van der Waals surface area (Å²) in [4.78, 5) is 17.8. The highest BCUT2D eigenvalue weighted by Gasteiger charge is 2.38. The molecule has 0 atom stereocenters. The summed E-state index contributed by atoms with van der Waals surface area (Å²) in [7, 11) is 0. The van der Waals surface area contributed by atoms with Crippen LogP contribution in [-0.2, 0) is 11.2 Å². The summed E-state index contributed by atoms with van der Waals surface area (Å²) in [5.41, 5.74) is 3.84. The highest BCUT2D eigenvalue weighted by molar-refractivity contribution is 6.08. The number of alkyl halides is 3. The molecule has 0 fully saturated rings. The Morgan fingerprint density at radius 1 is 1.21 bits per heavy atom. The van der Waals surface area contributed by atoms with Gasteiger partial charge in [-0.1, -0.05) is 30.3 Å². The summed E-state index contributed by atoms with van der Waals surface area (Å²) < 4.78 is 31.7. The molecule has 2 aromatic rings. The quantitative estimate of drug-likeness (QED) is 0.682. The first-order chi connectivity index (χ1) is 13.8. The number of hydrogen-bond donors (Lipinski definition) is 3. The van der Waals surface area contributed by atoms with Crippen LogP contribution < -0.4 is 15.9 Å². The predicted octanol–water partition coefficient (Wildman–Crippen LogP) is 2.57. The molecule has 2 aliphatic heterocycles. The number of hydrogen-bond acceptors (Lipinski definition) is 5. The molecule has 0 saturated heterocycles. The fraction of sp³-hybridized carbons (Fsp3) is 0.250. The van der Waals surface area contributed by atoms with Crippen LogP contribution in [0.1, 0.15) is 12.0 Å². The van der Waals surface area contributed by atoms with E-state index in [4.69, 9.17) is 9.90 Å². The van der Waals surface area contributed by atoms with Crippen molar-refractivity contribution in [2.75, 3.05) is 18.4 Å². The molecule has 4 rings (SSSR count). The Hall–Kier alpha value is -3.36. The van der Waals surface area contributed by atoms with Gasteiger partial charge in [0.2, 0.25) is 0 Å². The number of carbonyl (C=O) groups is 1. The molecule has 3 N–H and O–H groups in total. The minimum atomic E-state index is -5.08. The van der Waals surface area contributed by atoms with E-state index in [2.05, 4.69) is 27.4 Å². The molecule has 0 amide bonds. The third-order valence-corrected chi connectivity index (χ3v) is 4.40. The Morgan fingerprint density at radius 3 is 2.55 bits per heavy atom. The van der Waals surface area contributed by atoms with Gasteiger partial charge in [-0.15, -0.1) is 0 Å². The van der Waals surface area contributed by atoms with Crippen molar-refractivity contribution < 1.29 is 28.2 Å². The fourth-order valence-corrected chi connectivity index (χ4v) is 3.03. The van der Waals surface area contributed by atoms with Crippen LogP contribution in [-0.4, -0.2) is 41.7 Å². The molecule has 0 bridgehead atoms. The summed E-state index contributed by atoms with van der Waals surface area (Å²) in [6, 6.07) is 12.2. The summed E-state index contributed by atoms with van der Waals surface area (Å²) in [6.07, 6.45) is -1.41. The molecule has 0 unspecified atom stereocenters. The van der Waals surface area contributed by atoms with Gasteiger partial charge >= 0.3 is 12.1 Å². The van der Waals surface area contributed by atoms with Crippen LogP contribution in [0.3, 0.4) is 0 Å². The molecule has 0 spiro atoms. The Labute approximate surface area is 163 Å². The Kier molecular flexibility index (Phi) is 5.86. The minimum absolute atomic E-state index is 0.232. The number of benzene rings is 2. The van der Waals surface area contributed by atoms with Crippen molar-refractivity contribution in [2.45, 2.75) is 19.0 Å². The normalized spacial score (nSPS) is 13.8. The molecular formula is C20H18F3N3O3. The third kappa shape index (κ3) is 4.74. The van der Waals surface area contributed by atoms with Crippen molar-refractivity contribution in [1.82, 2.24) is 0 Å². The lowest BCUT2D eigenvalue weighted by Gasteiger charge is -2.12. The molecule has 0 radical (unpaired) electrons. The first-order valence-corrected chi connectivity index (χ1v) is 8.83. The maximum atomic E-state index is 10.6. The number of carboxylic acid groups (broad SMARTS) is 1. The second-order valence-corrected chi connectivity index (χ2v) is 6.40. The standard InChI is InChI=1S/C18H17N3O.C2HF3O2/c22-18-15(20-8-6-12-4-2-1-3-5-12)10-14-16-13(7-9-19-14)11-21-17(16)18;3-2(4,5)1(6)7/h1-5,10-11,20,22H,6-9H2;(H,6,7). The second-order valence-electron chi connectivity index (χ2n) is 6.40. The van der Waals surface area contributed by atoms with Gasteiger partial charge in [0.15, 0.2) is 5.75 Å². The predicted molar refractivity (Wildman–Crippen MR) is 102 cm³/mol. The Bertz CT molecular complexity index is 1060. The highest BCUT2D eigenvalue weighted by Crippen LogP contribution is 2.32. The van der Waals surface area contributed by atoms with Crippen molar-refractivity contribution in [3.05, 3.63) is 52.5 Å². The Balaban J connectivity index is 0.000000298. The third-order valence-electron chi connectivity index (χ3n) is 4.40. The second kappa shape index (κ2) is 8.34. The van der Waals surface area contributed by atoms with Gasteiger partial charge in [0.1, 0.15) is 5.69 Å². The highest BCUT2D eigenvalue weighted by atomic mass is 19.4. The van der Waals surface area contributed by atoms with Gasteiger partial charge in [-0.05, 0) is 30.0 Å². The molecule has 0 aliphatic carbocycles. The lowest BCUT2D eigenvalue weighted by atomic mass is 10.1. The van der Waals surface area contributed by atoms with Gasteiger partial charge in [0, 0.05) is 24.5 Å². The number of aliphatic carboxylic acids is 1. The molecule has 9 heteroatoms. The van der Waals surface area contributed by atoms with Gasteiger partial charge in [-0.3, -0.25) is 9.98 Å². The van der Waals surface area contributed by atoms with Crippen LogP contribution in [0.5, 0.6) is 5.75 Å². The zero-order chi connectivity index (χ0) is 21.0. The average molecular weight is 405 g/mol. The van der Waals surface area contributed by atoms with Gasteiger partial charge < -0.3 is 15.5 Å². The van der Waals surface area contributed by atoms with Crippen molar-refractivity contribution in [1.29, 1.82) is 0 Å². The van der Waals surface area contributed by atoms with Crippen molar-refractivity contribution in [3.8, 4) is 5.75 Å². The first-order valence-electron chi connectivity index (χ1n) is 8.83. The summed E-state index contributed by atoms with van der Waals surface area (Å²) in [5, 5.41) is 22.8. The number of nitrogens with one attached hydrogen (secondary N) is 1. The van der Waals surface area contributed by atoms with Crippen LogP contribution in [0.2, 0.25) is 0 Å². The molecular weight excluding hydrogens is 387 g/mol. The van der Waals surface area contributed by atoms with Gasteiger partial charge in [-0.2, -0.15) is 13.2 Å². The van der Waals surface area contributed by atoms with E-state index in [1.807, 2.05) is 30.5 Å². The van der Waals surface area contributed by atoms with Crippen LogP contribution in [0, 0.1) is 0 Å². The number of anilines is 1. The largest absolute Gasteiger partial charge is 0.504 e. The van der Waals surface area contributed by atoms with E-state index in [-0.39, 0.29) is 5.75 Å². The van der Waals surface area contributed by atoms with E-state index in [1.54, 1.807) is 0 Å². The van der Waals surface area contributed by atoms with E-state index in [0.29, 0.717) is 11.4 Å². The monoisotopic (exact) mass is 405 g/mol. The van der Waals surface area contributed by atoms with E-state index < -0.39 is 12.1 Å². The maximum absolute atomic E-state index is 10.6. The van der Waals surface area contributed by atoms with E-state index in [1.165, 1.54) is 11.1 Å². The van der Waals surface area contributed by atoms with Gasteiger partial charge in [-0.25, -0.2) is 4.79 Å². The lowest BCUT2D eigenvalue weighted by molar-refractivity contribution is -0.192. The fourth-order valence-electron chi connectivity index (χ4n) is 3.03. The number of phenolic OH excluding ortho intramolecular Hbond substituents is 1. The number of aromatic hydroxyl groups is 1. The molecule has 2 aliphatic rings. The van der Waals surface area contributed by atoms with Gasteiger partial charge in [0.25, 0.3) is 0 Å². The number of phenols is 1. The van der Waals surface area contributed by atoms with Crippen LogP contribution in [0.15, 0.2) is 46.4 Å². The van der Waals surface area contributed by atoms with Crippen LogP contribution >= 0.6 is 0 Å². The zero-order valence-corrected chi connectivity index (χ0v) is 15.2. The number of aliphatic imine (C=N–C) groups is 1. The SMILES string of the molecule is O=C(O)C(F)(F)F.Oc1c(NCCc2ccccc2)cc2c3c1N=CC=3CCN=2. The smallest absolute Gasteiger partial charge is 0.490 e. The number of nitrogens with zero attached hydrogens (tertiary/aromatic N) is 2. The molecule has 6 nitrogen and oxygen atoms in total. The topological polar surface area (TPSA) is 94.3 Å². The number of rotatable bonds is 4. The molecule has 2 aromatic carbocycles.